The van der Waals surface area contributed by atoms with E-state index in [4.69, 9.17) is 38.4 Å². The van der Waals surface area contributed by atoms with Gasteiger partial charge in [-0.05, 0) is 36.8 Å². The van der Waals surface area contributed by atoms with Gasteiger partial charge in [0.25, 0.3) is 0 Å². The van der Waals surface area contributed by atoms with E-state index in [0.717, 1.165) is 21.4 Å². The summed E-state index contributed by atoms with van der Waals surface area (Å²) in [5, 5.41) is 1.47. The lowest BCUT2D eigenvalue weighted by atomic mass is 9.83. The summed E-state index contributed by atoms with van der Waals surface area (Å²) in [5.41, 5.74) is 7.03. The molecule has 2 aromatic carbocycles. The fraction of sp³-hybridized carbons (Fsp3) is 0.143. The van der Waals surface area contributed by atoms with E-state index in [-0.39, 0.29) is 22.8 Å². The maximum absolute atomic E-state index is 13.1. The maximum Gasteiger partial charge on any atom is 0.340 e. The number of rotatable bonds is 3. The second kappa shape index (κ2) is 7.71. The number of carbonyl (C=O) groups is 1. The van der Waals surface area contributed by atoms with Crippen molar-refractivity contribution < 1.29 is 14.3 Å². The number of esters is 1. The SMILES string of the molecule is CCOC(=O)C1=C(N)Oc2c(c(=O)sc3ccccc23)C1c1ccc(Cl)cc1Cl. The summed E-state index contributed by atoms with van der Waals surface area (Å²) in [6, 6.07) is 12.2. The van der Waals surface area contributed by atoms with Crippen LogP contribution >= 0.6 is 34.5 Å². The lowest BCUT2D eigenvalue weighted by Gasteiger charge is -2.29. The van der Waals surface area contributed by atoms with Crippen molar-refractivity contribution in [2.45, 2.75) is 12.8 Å². The highest BCUT2D eigenvalue weighted by Crippen LogP contribution is 2.46. The third-order valence-corrected chi connectivity index (χ3v) is 6.17. The molecule has 5 nitrogen and oxygen atoms in total. The first-order valence-electron chi connectivity index (χ1n) is 8.77. The minimum absolute atomic E-state index is 0.0446. The Kier molecular flexibility index (Phi) is 5.25. The summed E-state index contributed by atoms with van der Waals surface area (Å²) in [5.74, 6) is -1.29. The zero-order valence-electron chi connectivity index (χ0n) is 15.2. The van der Waals surface area contributed by atoms with Crippen LogP contribution in [0.25, 0.3) is 10.1 Å². The lowest BCUT2D eigenvalue weighted by Crippen LogP contribution is -2.30. The Balaban J connectivity index is 2.07. The molecule has 8 heteroatoms. The highest BCUT2D eigenvalue weighted by Gasteiger charge is 2.39. The van der Waals surface area contributed by atoms with E-state index >= 15 is 0 Å². The van der Waals surface area contributed by atoms with E-state index in [1.807, 2.05) is 24.3 Å². The van der Waals surface area contributed by atoms with Crippen molar-refractivity contribution in [3.8, 4) is 5.75 Å². The molecule has 1 aromatic heterocycles. The highest BCUT2D eigenvalue weighted by atomic mass is 35.5. The average Bonchev–Trinajstić information content (AvgIpc) is 2.67. The van der Waals surface area contributed by atoms with Gasteiger partial charge in [0, 0.05) is 20.1 Å². The summed E-state index contributed by atoms with van der Waals surface area (Å²) >= 11 is 13.6. The van der Waals surface area contributed by atoms with Crippen molar-refractivity contribution in [1.82, 2.24) is 0 Å². The van der Waals surface area contributed by atoms with Crippen LogP contribution in [-0.4, -0.2) is 12.6 Å². The molecule has 3 aromatic rings. The summed E-state index contributed by atoms with van der Waals surface area (Å²) < 4.78 is 11.5. The normalized spacial score (nSPS) is 15.8. The molecule has 1 unspecified atom stereocenters. The molecule has 1 aliphatic heterocycles. The number of carbonyl (C=O) groups excluding carboxylic acids is 1. The minimum atomic E-state index is -0.837. The number of hydrogen-bond donors (Lipinski definition) is 1. The van der Waals surface area contributed by atoms with Gasteiger partial charge < -0.3 is 15.2 Å². The molecular weight excluding hydrogens is 433 g/mol. The van der Waals surface area contributed by atoms with Crippen molar-refractivity contribution in [1.29, 1.82) is 0 Å². The molecule has 0 aliphatic carbocycles. The minimum Gasteiger partial charge on any atom is -0.462 e. The monoisotopic (exact) mass is 447 g/mol. The average molecular weight is 448 g/mol. The highest BCUT2D eigenvalue weighted by molar-refractivity contribution is 7.16. The van der Waals surface area contributed by atoms with Crippen LogP contribution in [0.3, 0.4) is 0 Å². The standard InChI is InChI=1S/C21H15Cl2NO4S/c1-2-27-20(25)17-15(11-8-7-10(22)9-13(11)23)16-18(28-19(17)24)12-5-3-4-6-14(12)29-21(16)26/h3-9,15H,2,24H2,1H3. The first kappa shape index (κ1) is 19.8. The number of benzene rings is 2. The van der Waals surface area contributed by atoms with E-state index in [1.54, 1.807) is 25.1 Å². The zero-order chi connectivity index (χ0) is 20.7. The number of nitrogens with two attached hydrogens (primary N) is 1. The molecule has 0 saturated heterocycles. The van der Waals surface area contributed by atoms with Crippen LogP contribution in [0.15, 0.2) is 58.7 Å². The van der Waals surface area contributed by atoms with Crippen molar-refractivity contribution in [3.05, 3.63) is 84.6 Å². The third kappa shape index (κ3) is 3.37. The van der Waals surface area contributed by atoms with Gasteiger partial charge in [-0.1, -0.05) is 52.7 Å². The Bertz CT molecular complexity index is 1240. The second-order valence-corrected chi connectivity index (χ2v) is 8.19. The molecule has 1 aliphatic rings. The van der Waals surface area contributed by atoms with E-state index in [0.29, 0.717) is 26.9 Å². The smallest absolute Gasteiger partial charge is 0.340 e. The first-order valence-corrected chi connectivity index (χ1v) is 10.3. The van der Waals surface area contributed by atoms with Crippen molar-refractivity contribution in [3.63, 3.8) is 0 Å². The van der Waals surface area contributed by atoms with E-state index < -0.39 is 11.9 Å². The topological polar surface area (TPSA) is 78.6 Å². The van der Waals surface area contributed by atoms with Crippen molar-refractivity contribution >= 4 is 50.6 Å². The predicted molar refractivity (Wildman–Crippen MR) is 115 cm³/mol. The molecule has 29 heavy (non-hydrogen) atoms. The van der Waals surface area contributed by atoms with Crippen LogP contribution in [0.2, 0.25) is 10.0 Å². The van der Waals surface area contributed by atoms with Gasteiger partial charge in [0.05, 0.1) is 18.1 Å². The molecule has 0 fully saturated rings. The van der Waals surface area contributed by atoms with Gasteiger partial charge in [-0.15, -0.1) is 0 Å². The fourth-order valence-corrected chi connectivity index (χ4v) is 4.88. The van der Waals surface area contributed by atoms with Crippen molar-refractivity contribution in [2.75, 3.05) is 6.61 Å². The van der Waals surface area contributed by atoms with Gasteiger partial charge in [-0.2, -0.15) is 0 Å². The lowest BCUT2D eigenvalue weighted by molar-refractivity contribution is -0.139. The fourth-order valence-electron chi connectivity index (χ4n) is 3.42. The number of halogens is 2. The van der Waals surface area contributed by atoms with Gasteiger partial charge in [0.15, 0.2) is 0 Å². The molecule has 2 N–H and O–H groups in total. The molecular formula is C21H15Cl2NO4S. The van der Waals surface area contributed by atoms with Crippen LogP contribution in [0.1, 0.15) is 24.0 Å². The van der Waals surface area contributed by atoms with Crippen LogP contribution in [0.5, 0.6) is 5.75 Å². The molecule has 4 rings (SSSR count). The first-order chi connectivity index (χ1) is 13.9. The number of ether oxygens (including phenoxy) is 2. The zero-order valence-corrected chi connectivity index (χ0v) is 17.5. The summed E-state index contributed by atoms with van der Waals surface area (Å²) in [6.07, 6.45) is 0. The van der Waals surface area contributed by atoms with Gasteiger partial charge in [-0.25, -0.2) is 4.79 Å². The van der Waals surface area contributed by atoms with Gasteiger partial charge in [0.1, 0.15) is 11.3 Å². The molecule has 0 bridgehead atoms. The summed E-state index contributed by atoms with van der Waals surface area (Å²) in [6.45, 7) is 1.83. The molecule has 0 radical (unpaired) electrons. The van der Waals surface area contributed by atoms with Gasteiger partial charge in [0.2, 0.25) is 10.6 Å². The van der Waals surface area contributed by atoms with Gasteiger partial charge >= 0.3 is 5.97 Å². The Morgan fingerprint density at radius 3 is 2.72 bits per heavy atom. The molecule has 148 valence electrons. The maximum atomic E-state index is 13.1. The molecule has 2 heterocycles. The predicted octanol–water partition coefficient (Wildman–Crippen LogP) is 4.83. The molecule has 0 spiro atoms. The Morgan fingerprint density at radius 1 is 1.24 bits per heavy atom. The second-order valence-electron chi connectivity index (χ2n) is 6.33. The van der Waals surface area contributed by atoms with E-state index in [9.17, 15) is 9.59 Å². The summed E-state index contributed by atoms with van der Waals surface area (Å²) in [4.78, 5) is 25.9. The van der Waals surface area contributed by atoms with E-state index in [1.165, 1.54) is 0 Å². The molecule has 1 atom stereocenters. The Morgan fingerprint density at radius 2 is 2.00 bits per heavy atom. The van der Waals surface area contributed by atoms with Crippen LogP contribution in [-0.2, 0) is 9.53 Å². The molecule has 0 amide bonds. The largest absolute Gasteiger partial charge is 0.462 e. The quantitative estimate of drug-likeness (QED) is 0.581. The van der Waals surface area contributed by atoms with Crippen LogP contribution in [0, 0.1) is 0 Å². The summed E-state index contributed by atoms with van der Waals surface area (Å²) in [7, 11) is 0. The molecule has 0 saturated carbocycles. The van der Waals surface area contributed by atoms with E-state index in [2.05, 4.69) is 0 Å². The van der Waals surface area contributed by atoms with Crippen molar-refractivity contribution in [2.24, 2.45) is 5.73 Å². The number of hydrogen-bond acceptors (Lipinski definition) is 6. The van der Waals surface area contributed by atoms with Crippen LogP contribution in [0.4, 0.5) is 0 Å². The Hall–Kier alpha value is -2.54. The number of fused-ring (bicyclic) bond motifs is 3. The van der Waals surface area contributed by atoms with Crippen LogP contribution < -0.4 is 15.2 Å². The van der Waals surface area contributed by atoms with Gasteiger partial charge in [-0.3, -0.25) is 4.79 Å². The Labute approximate surface area is 180 Å². The third-order valence-electron chi connectivity index (χ3n) is 4.62.